The van der Waals surface area contributed by atoms with Crippen LogP contribution in [0, 0.1) is 0 Å². The fraction of sp³-hybridized carbons (Fsp3) is 0.300. The number of piperazine rings is 1. The summed E-state index contributed by atoms with van der Waals surface area (Å²) in [5.41, 5.74) is 10.3. The number of hydrogen-bond donors (Lipinski definition) is 2. The summed E-state index contributed by atoms with van der Waals surface area (Å²) < 4.78 is 0. The highest BCUT2D eigenvalue weighted by molar-refractivity contribution is 6.30. The first kappa shape index (κ1) is 17.8. The number of carbonyl (C=O) groups excluding carboxylic acids is 1. The molecule has 2 aromatic heterocycles. The molecule has 3 heterocycles. The number of halogens is 1. The zero-order valence-electron chi connectivity index (χ0n) is 14.9. The Bertz CT molecular complexity index is 931. The normalized spacial score (nSPS) is 15.9. The van der Waals surface area contributed by atoms with Crippen LogP contribution in [0.15, 0.2) is 48.8 Å². The summed E-state index contributed by atoms with van der Waals surface area (Å²) in [5, 5.41) is 0.682. The third kappa shape index (κ3) is 3.77. The van der Waals surface area contributed by atoms with E-state index in [1.54, 1.807) is 0 Å². The van der Waals surface area contributed by atoms with Crippen molar-refractivity contribution >= 4 is 34.2 Å². The van der Waals surface area contributed by atoms with Crippen LogP contribution in [0.5, 0.6) is 0 Å². The number of nitrogens with two attached hydrogens (primary N) is 1. The van der Waals surface area contributed by atoms with E-state index in [-0.39, 0.29) is 5.91 Å². The van der Waals surface area contributed by atoms with Crippen molar-refractivity contribution in [1.82, 2.24) is 14.9 Å². The molecule has 0 saturated carbocycles. The van der Waals surface area contributed by atoms with E-state index in [0.717, 1.165) is 35.4 Å². The van der Waals surface area contributed by atoms with Crippen molar-refractivity contribution in [3.8, 4) is 0 Å². The number of aromatic amines is 1. The summed E-state index contributed by atoms with van der Waals surface area (Å²) in [5.74, 6) is 0.00403. The van der Waals surface area contributed by atoms with Gasteiger partial charge in [-0.1, -0.05) is 23.7 Å². The third-order valence-electron chi connectivity index (χ3n) is 5.05. The Hall–Kier alpha value is -2.57. The van der Waals surface area contributed by atoms with Gasteiger partial charge in [-0.05, 0) is 36.2 Å². The SMILES string of the molecule is N[C@H](Cc1ccc(Cl)cc1)C(=O)N1CCN(c2ccnc3cc[nH]c23)CC1. The monoisotopic (exact) mass is 383 g/mol. The standard InChI is InChI=1S/C20H22ClN5O/c21-15-3-1-14(2-4-15)13-16(22)20(27)26-11-9-25(10-12-26)18-6-8-23-17-5-7-24-19(17)18/h1-8,16,24H,9-13,22H2/t16-/m1/s1. The fourth-order valence-electron chi connectivity index (χ4n) is 3.57. The number of nitrogens with one attached hydrogen (secondary N) is 1. The molecule has 0 radical (unpaired) electrons. The maximum absolute atomic E-state index is 12.7. The van der Waals surface area contributed by atoms with Crippen molar-refractivity contribution in [2.24, 2.45) is 5.73 Å². The smallest absolute Gasteiger partial charge is 0.239 e. The molecule has 3 N–H and O–H groups in total. The van der Waals surface area contributed by atoms with Crippen LogP contribution < -0.4 is 10.6 Å². The Kier molecular flexibility index (Phi) is 5.01. The molecule has 0 unspecified atom stereocenters. The fourth-order valence-corrected chi connectivity index (χ4v) is 3.70. The topological polar surface area (TPSA) is 78.2 Å². The van der Waals surface area contributed by atoms with Gasteiger partial charge < -0.3 is 20.5 Å². The average molecular weight is 384 g/mol. The van der Waals surface area contributed by atoms with Crippen LogP contribution >= 0.6 is 11.6 Å². The van der Waals surface area contributed by atoms with Gasteiger partial charge in [0, 0.05) is 43.6 Å². The van der Waals surface area contributed by atoms with Crippen molar-refractivity contribution in [3.05, 3.63) is 59.4 Å². The summed E-state index contributed by atoms with van der Waals surface area (Å²) in [4.78, 5) is 24.5. The minimum Gasteiger partial charge on any atom is -0.366 e. The molecule has 27 heavy (non-hydrogen) atoms. The van der Waals surface area contributed by atoms with Gasteiger partial charge in [0.15, 0.2) is 0 Å². The van der Waals surface area contributed by atoms with Crippen LogP contribution in [0.3, 0.4) is 0 Å². The Morgan fingerprint density at radius 2 is 1.89 bits per heavy atom. The molecule has 1 aromatic carbocycles. The lowest BCUT2D eigenvalue weighted by atomic mass is 10.1. The number of benzene rings is 1. The second-order valence-electron chi connectivity index (χ2n) is 6.82. The molecule has 1 aliphatic heterocycles. The molecule has 140 valence electrons. The molecule has 1 aliphatic rings. The molecule has 7 heteroatoms. The zero-order chi connectivity index (χ0) is 18.8. The van der Waals surface area contributed by atoms with Gasteiger partial charge in [-0.2, -0.15) is 0 Å². The number of nitrogens with zero attached hydrogens (tertiary/aromatic N) is 3. The summed E-state index contributed by atoms with van der Waals surface area (Å²) in [7, 11) is 0. The van der Waals surface area contributed by atoms with Gasteiger partial charge in [0.25, 0.3) is 0 Å². The Balaban J connectivity index is 1.37. The Labute approximate surface area is 162 Å². The quantitative estimate of drug-likeness (QED) is 0.725. The van der Waals surface area contributed by atoms with Crippen LogP contribution in [-0.4, -0.2) is 53.0 Å². The lowest BCUT2D eigenvalue weighted by Crippen LogP contribution is -2.53. The maximum atomic E-state index is 12.7. The highest BCUT2D eigenvalue weighted by atomic mass is 35.5. The van der Waals surface area contributed by atoms with Gasteiger partial charge in [-0.3, -0.25) is 9.78 Å². The van der Waals surface area contributed by atoms with Crippen LogP contribution in [0.4, 0.5) is 5.69 Å². The molecule has 0 spiro atoms. The van der Waals surface area contributed by atoms with E-state index in [1.807, 2.05) is 53.7 Å². The first-order valence-electron chi connectivity index (χ1n) is 9.07. The molecule has 3 aromatic rings. The number of hydrogen-bond acceptors (Lipinski definition) is 4. The number of fused-ring (bicyclic) bond motifs is 1. The van der Waals surface area contributed by atoms with Crippen molar-refractivity contribution in [1.29, 1.82) is 0 Å². The van der Waals surface area contributed by atoms with Gasteiger partial charge in [0.2, 0.25) is 5.91 Å². The first-order chi connectivity index (χ1) is 13.1. The van der Waals surface area contributed by atoms with Crippen molar-refractivity contribution in [2.45, 2.75) is 12.5 Å². The predicted molar refractivity (Wildman–Crippen MR) is 108 cm³/mol. The number of anilines is 1. The molecule has 1 amide bonds. The number of carbonyl (C=O) groups is 1. The highest BCUT2D eigenvalue weighted by Crippen LogP contribution is 2.25. The zero-order valence-corrected chi connectivity index (χ0v) is 15.7. The Morgan fingerprint density at radius 1 is 1.15 bits per heavy atom. The van der Waals surface area contributed by atoms with Crippen molar-refractivity contribution in [2.75, 3.05) is 31.1 Å². The number of amides is 1. The predicted octanol–water partition coefficient (Wildman–Crippen LogP) is 2.43. The van der Waals surface area contributed by atoms with E-state index in [0.29, 0.717) is 24.5 Å². The van der Waals surface area contributed by atoms with Crippen LogP contribution in [0.2, 0.25) is 5.02 Å². The summed E-state index contributed by atoms with van der Waals surface area (Å²) >= 11 is 5.91. The van der Waals surface area contributed by atoms with Crippen LogP contribution in [0.25, 0.3) is 11.0 Å². The first-order valence-corrected chi connectivity index (χ1v) is 9.45. The van der Waals surface area contributed by atoms with Gasteiger partial charge >= 0.3 is 0 Å². The minimum atomic E-state index is -0.534. The van der Waals surface area contributed by atoms with Gasteiger partial charge in [-0.15, -0.1) is 0 Å². The number of rotatable bonds is 4. The van der Waals surface area contributed by atoms with E-state index in [1.165, 1.54) is 0 Å². The molecule has 6 nitrogen and oxygen atoms in total. The van der Waals surface area contributed by atoms with E-state index < -0.39 is 6.04 Å². The highest BCUT2D eigenvalue weighted by Gasteiger charge is 2.26. The second-order valence-corrected chi connectivity index (χ2v) is 7.25. The molecule has 0 bridgehead atoms. The molecule has 1 saturated heterocycles. The van der Waals surface area contributed by atoms with E-state index in [9.17, 15) is 4.79 Å². The lowest BCUT2D eigenvalue weighted by Gasteiger charge is -2.37. The summed E-state index contributed by atoms with van der Waals surface area (Å²) in [6.45, 7) is 2.88. The molecule has 1 atom stereocenters. The van der Waals surface area contributed by atoms with Crippen molar-refractivity contribution in [3.63, 3.8) is 0 Å². The molecule has 0 aliphatic carbocycles. The van der Waals surface area contributed by atoms with E-state index >= 15 is 0 Å². The van der Waals surface area contributed by atoms with E-state index in [4.69, 9.17) is 17.3 Å². The molecule has 1 fully saturated rings. The number of pyridine rings is 1. The summed E-state index contributed by atoms with van der Waals surface area (Å²) in [6.07, 6.45) is 4.24. The molecular weight excluding hydrogens is 362 g/mol. The lowest BCUT2D eigenvalue weighted by molar-refractivity contribution is -0.132. The average Bonchev–Trinajstić information content (AvgIpc) is 3.18. The number of aromatic nitrogens is 2. The van der Waals surface area contributed by atoms with E-state index in [2.05, 4.69) is 14.9 Å². The van der Waals surface area contributed by atoms with Crippen LogP contribution in [0.1, 0.15) is 5.56 Å². The van der Waals surface area contributed by atoms with Gasteiger partial charge in [0.1, 0.15) is 0 Å². The molecule has 4 rings (SSSR count). The van der Waals surface area contributed by atoms with Gasteiger partial charge in [0.05, 0.1) is 22.8 Å². The summed E-state index contributed by atoms with van der Waals surface area (Å²) in [6, 6.07) is 10.9. The Morgan fingerprint density at radius 3 is 2.63 bits per heavy atom. The second kappa shape index (κ2) is 7.58. The minimum absolute atomic E-state index is 0.00403. The van der Waals surface area contributed by atoms with Crippen molar-refractivity contribution < 1.29 is 4.79 Å². The third-order valence-corrected chi connectivity index (χ3v) is 5.30. The maximum Gasteiger partial charge on any atom is 0.239 e. The number of H-pyrrole nitrogens is 1. The van der Waals surface area contributed by atoms with Gasteiger partial charge in [-0.25, -0.2) is 0 Å². The largest absolute Gasteiger partial charge is 0.366 e. The van der Waals surface area contributed by atoms with Crippen LogP contribution in [-0.2, 0) is 11.2 Å². The molecular formula is C20H22ClN5O.